The van der Waals surface area contributed by atoms with Crippen LogP contribution in [0.4, 0.5) is 33.6 Å². The number of nitrogen functional groups attached to an aromatic ring is 1. The molecule has 0 bridgehead atoms. The first-order valence-electron chi connectivity index (χ1n) is 13.3. The lowest BCUT2D eigenvalue weighted by Gasteiger charge is -2.35. The summed E-state index contributed by atoms with van der Waals surface area (Å²) >= 11 is 0. The number of aryl methyl sites for hydroxylation is 1. The number of alkyl halides is 3. The number of halogens is 5. The van der Waals surface area contributed by atoms with Crippen LogP contribution in [0.15, 0.2) is 24.5 Å². The lowest BCUT2D eigenvalue weighted by Crippen LogP contribution is -2.39. The Balaban J connectivity index is 1.68. The molecule has 5 heterocycles. The second kappa shape index (κ2) is 10.2. The number of benzene rings is 1. The zero-order valence-corrected chi connectivity index (χ0v) is 23.3. The Morgan fingerprint density at radius 3 is 2.67 bits per heavy atom. The van der Waals surface area contributed by atoms with E-state index >= 15 is 4.39 Å². The zero-order valence-electron chi connectivity index (χ0n) is 23.3. The molecular weight excluding hydrogens is 575 g/mol. The second-order valence-corrected chi connectivity index (χ2v) is 10.2. The summed E-state index contributed by atoms with van der Waals surface area (Å²) in [4.78, 5) is 18.7. The number of nitrogens with one attached hydrogen (secondary N) is 1. The molecule has 1 aliphatic rings. The van der Waals surface area contributed by atoms with Crippen molar-refractivity contribution in [2.75, 3.05) is 23.8 Å². The molecule has 15 heteroatoms. The summed E-state index contributed by atoms with van der Waals surface area (Å²) < 4.78 is 85.9. The number of ether oxygens (including phenoxy) is 2. The Morgan fingerprint density at radius 2 is 1.95 bits per heavy atom. The lowest BCUT2D eigenvalue weighted by atomic mass is 9.94. The molecule has 224 valence electrons. The first-order chi connectivity index (χ1) is 20.4. The highest BCUT2D eigenvalue weighted by atomic mass is 19.4. The number of aromatic nitrogens is 6. The highest BCUT2D eigenvalue weighted by Gasteiger charge is 2.40. The van der Waals surface area contributed by atoms with Gasteiger partial charge in [0.15, 0.2) is 5.82 Å². The van der Waals surface area contributed by atoms with E-state index in [0.29, 0.717) is 5.56 Å². The Hall–Kier alpha value is -4.82. The topological polar surface area (TPSA) is 128 Å². The van der Waals surface area contributed by atoms with Crippen LogP contribution in [-0.4, -0.2) is 49.4 Å². The molecule has 0 fully saturated rings. The summed E-state index contributed by atoms with van der Waals surface area (Å²) in [6.45, 7) is 6.55. The van der Waals surface area contributed by atoms with Crippen LogP contribution < -0.4 is 20.1 Å². The number of anilines is 2. The van der Waals surface area contributed by atoms with Crippen LogP contribution in [0.1, 0.15) is 43.5 Å². The van der Waals surface area contributed by atoms with Crippen LogP contribution in [0, 0.1) is 18.6 Å². The molecule has 0 aliphatic carbocycles. The average molecular weight is 601 g/mol. The first-order valence-corrected chi connectivity index (χ1v) is 13.3. The van der Waals surface area contributed by atoms with Gasteiger partial charge in [-0.15, -0.1) is 0 Å². The molecule has 3 N–H and O–H groups in total. The van der Waals surface area contributed by atoms with Gasteiger partial charge in [0, 0.05) is 16.5 Å². The Bertz CT molecular complexity index is 1890. The molecule has 1 aliphatic heterocycles. The number of fused-ring (bicyclic) bond motifs is 1. The van der Waals surface area contributed by atoms with Crippen molar-refractivity contribution in [3.05, 3.63) is 52.9 Å². The fourth-order valence-electron chi connectivity index (χ4n) is 5.59. The minimum absolute atomic E-state index is 0.00786. The average Bonchev–Trinajstić information content (AvgIpc) is 3.36. The SMILES string of the molecule is CCOc1nc2c3c(nc(-c4c(C(F)(F)F)c(C)cc5[nH]ncc45)c(F)c3n1)OC[C@H](C)N2C(C)c1cc(F)cnc1N. The summed E-state index contributed by atoms with van der Waals surface area (Å²) in [5, 5.41) is 6.55. The number of hydrogen-bond acceptors (Lipinski definition) is 9. The number of nitrogens with two attached hydrogens (primary N) is 1. The van der Waals surface area contributed by atoms with E-state index in [1.54, 1.807) is 25.7 Å². The van der Waals surface area contributed by atoms with Gasteiger partial charge in [0.2, 0.25) is 5.88 Å². The van der Waals surface area contributed by atoms with E-state index in [2.05, 4.69) is 30.1 Å². The molecule has 0 saturated carbocycles. The fraction of sp³-hybridized carbons (Fsp3) is 0.321. The minimum Gasteiger partial charge on any atom is -0.475 e. The molecule has 0 radical (unpaired) electrons. The normalized spacial score (nSPS) is 15.9. The van der Waals surface area contributed by atoms with Gasteiger partial charge >= 0.3 is 12.2 Å². The van der Waals surface area contributed by atoms with Crippen LogP contribution in [0.2, 0.25) is 0 Å². The number of H-pyrrole nitrogens is 1. The zero-order chi connectivity index (χ0) is 30.8. The van der Waals surface area contributed by atoms with E-state index in [4.69, 9.17) is 15.2 Å². The maximum absolute atomic E-state index is 16.7. The van der Waals surface area contributed by atoms with Gasteiger partial charge in [-0.1, -0.05) is 0 Å². The minimum atomic E-state index is -4.85. The largest absolute Gasteiger partial charge is 0.475 e. The quantitative estimate of drug-likeness (QED) is 0.237. The molecule has 2 atom stereocenters. The number of aromatic amines is 1. The molecule has 0 spiro atoms. The van der Waals surface area contributed by atoms with Crippen LogP contribution in [0.3, 0.4) is 0 Å². The smallest absolute Gasteiger partial charge is 0.417 e. The molecule has 1 unspecified atom stereocenters. The maximum atomic E-state index is 16.7. The molecule has 43 heavy (non-hydrogen) atoms. The van der Waals surface area contributed by atoms with Gasteiger partial charge < -0.3 is 20.1 Å². The molecule has 0 saturated heterocycles. The second-order valence-electron chi connectivity index (χ2n) is 10.2. The molecule has 10 nitrogen and oxygen atoms in total. The summed E-state index contributed by atoms with van der Waals surface area (Å²) in [7, 11) is 0. The molecule has 1 aromatic carbocycles. The summed E-state index contributed by atoms with van der Waals surface area (Å²) in [5.41, 5.74) is 3.99. The van der Waals surface area contributed by atoms with Crippen molar-refractivity contribution in [3.63, 3.8) is 0 Å². The van der Waals surface area contributed by atoms with Gasteiger partial charge in [-0.2, -0.15) is 28.2 Å². The van der Waals surface area contributed by atoms with Gasteiger partial charge in [-0.25, -0.2) is 18.7 Å². The van der Waals surface area contributed by atoms with E-state index in [9.17, 15) is 17.6 Å². The summed E-state index contributed by atoms with van der Waals surface area (Å²) in [5.74, 6) is -1.73. The molecular formula is C28H25F5N8O2. The molecule has 0 amide bonds. The van der Waals surface area contributed by atoms with Crippen LogP contribution in [0.25, 0.3) is 33.1 Å². The van der Waals surface area contributed by atoms with Crippen molar-refractivity contribution < 1.29 is 31.4 Å². The number of nitrogens with zero attached hydrogens (tertiary/aromatic N) is 6. The predicted octanol–water partition coefficient (Wildman–Crippen LogP) is 5.90. The maximum Gasteiger partial charge on any atom is 0.417 e. The standard InChI is InChI=1S/C28H25F5N8O2/c1-5-42-27-38-23-19-25(39-27)41(13(4)15-7-14(29)8-35-24(15)34)12(3)10-43-26(19)37-22(21(23)30)18-16-9-36-40-17(16)6-11(2)20(18)28(31,32)33/h6-9,12-13H,5,10H2,1-4H3,(H2,34,35)(H,36,40)/t12-,13?/m0/s1. The van der Waals surface area contributed by atoms with Crippen molar-refractivity contribution in [1.82, 2.24) is 30.1 Å². The number of rotatable bonds is 5. The number of pyridine rings is 2. The van der Waals surface area contributed by atoms with Crippen LogP contribution in [-0.2, 0) is 6.18 Å². The van der Waals surface area contributed by atoms with Crippen molar-refractivity contribution in [3.8, 4) is 23.1 Å². The first kappa shape index (κ1) is 28.3. The highest BCUT2D eigenvalue weighted by molar-refractivity contribution is 6.02. The van der Waals surface area contributed by atoms with Gasteiger partial charge in [0.25, 0.3) is 0 Å². The van der Waals surface area contributed by atoms with Gasteiger partial charge in [-0.05, 0) is 45.4 Å². The summed E-state index contributed by atoms with van der Waals surface area (Å²) in [6.07, 6.45) is -2.68. The third-order valence-electron chi connectivity index (χ3n) is 7.41. The molecule has 6 rings (SSSR count). The van der Waals surface area contributed by atoms with Gasteiger partial charge in [0.1, 0.15) is 40.7 Å². The van der Waals surface area contributed by atoms with Crippen molar-refractivity contribution >= 4 is 33.4 Å². The predicted molar refractivity (Wildman–Crippen MR) is 148 cm³/mol. The van der Waals surface area contributed by atoms with Crippen molar-refractivity contribution in [2.24, 2.45) is 0 Å². The van der Waals surface area contributed by atoms with E-state index in [-0.39, 0.29) is 64.1 Å². The summed E-state index contributed by atoms with van der Waals surface area (Å²) in [6, 6.07) is 1.15. The third kappa shape index (κ3) is 4.58. The monoisotopic (exact) mass is 600 g/mol. The Morgan fingerprint density at radius 1 is 1.19 bits per heavy atom. The van der Waals surface area contributed by atoms with E-state index in [1.807, 2.05) is 0 Å². The molecule has 5 aromatic rings. The van der Waals surface area contributed by atoms with E-state index in [0.717, 1.165) is 6.20 Å². The van der Waals surface area contributed by atoms with Crippen LogP contribution >= 0.6 is 0 Å². The van der Waals surface area contributed by atoms with E-state index < -0.39 is 46.7 Å². The van der Waals surface area contributed by atoms with Crippen molar-refractivity contribution in [1.29, 1.82) is 0 Å². The third-order valence-corrected chi connectivity index (χ3v) is 7.41. The Kier molecular flexibility index (Phi) is 6.69. The number of hydrogen-bond donors (Lipinski definition) is 2. The van der Waals surface area contributed by atoms with Crippen LogP contribution in [0.5, 0.6) is 11.9 Å². The van der Waals surface area contributed by atoms with Crippen molar-refractivity contribution in [2.45, 2.75) is 46.0 Å². The fourth-order valence-corrected chi connectivity index (χ4v) is 5.59. The highest BCUT2D eigenvalue weighted by Crippen LogP contribution is 2.47. The van der Waals surface area contributed by atoms with Gasteiger partial charge in [-0.3, -0.25) is 5.10 Å². The Labute approximate surface area is 241 Å². The lowest BCUT2D eigenvalue weighted by molar-refractivity contribution is -0.137. The van der Waals surface area contributed by atoms with Gasteiger partial charge in [0.05, 0.1) is 42.2 Å². The molecule has 4 aromatic heterocycles. The van der Waals surface area contributed by atoms with E-state index in [1.165, 1.54) is 25.3 Å².